The van der Waals surface area contributed by atoms with Crippen LogP contribution in [0.1, 0.15) is 168 Å². The van der Waals surface area contributed by atoms with Crippen molar-refractivity contribution < 1.29 is 24.2 Å². The molecular formula is C37H66O5. The second-order valence-corrected chi connectivity index (χ2v) is 11.6. The molecule has 0 aliphatic rings. The molecule has 1 N–H and O–H groups in total. The van der Waals surface area contributed by atoms with Gasteiger partial charge in [0, 0.05) is 12.8 Å². The van der Waals surface area contributed by atoms with Gasteiger partial charge in [-0.05, 0) is 44.9 Å². The summed E-state index contributed by atoms with van der Waals surface area (Å²) in [4.78, 5) is 24.1. The molecule has 0 aliphatic carbocycles. The van der Waals surface area contributed by atoms with Crippen LogP contribution in [0.25, 0.3) is 0 Å². The molecule has 0 spiro atoms. The van der Waals surface area contributed by atoms with Gasteiger partial charge in [-0.1, -0.05) is 147 Å². The molecule has 0 aromatic rings. The Bertz CT molecular complexity index is 682. The van der Waals surface area contributed by atoms with Gasteiger partial charge in [-0.2, -0.15) is 0 Å². The largest absolute Gasteiger partial charge is 0.462 e. The lowest BCUT2D eigenvalue weighted by Crippen LogP contribution is -2.28. The molecule has 0 radical (unpaired) electrons. The van der Waals surface area contributed by atoms with E-state index in [1.165, 1.54) is 70.6 Å². The molecule has 244 valence electrons. The number of unbranched alkanes of at least 4 members (excludes halogenated alkanes) is 17. The normalized spacial score (nSPS) is 12.5. The van der Waals surface area contributed by atoms with Crippen LogP contribution in [0, 0.1) is 0 Å². The lowest BCUT2D eigenvalue weighted by molar-refractivity contribution is -0.161. The van der Waals surface area contributed by atoms with Gasteiger partial charge in [0.05, 0.1) is 6.61 Å². The van der Waals surface area contributed by atoms with E-state index in [2.05, 4.69) is 50.3 Å². The summed E-state index contributed by atoms with van der Waals surface area (Å²) in [6.45, 7) is 4.00. The number of carbonyl (C=O) groups is 2. The minimum absolute atomic E-state index is 0.0707. The molecule has 0 saturated heterocycles. The Morgan fingerprint density at radius 3 is 1.55 bits per heavy atom. The van der Waals surface area contributed by atoms with E-state index in [1.807, 2.05) is 0 Å². The van der Waals surface area contributed by atoms with E-state index in [1.54, 1.807) is 0 Å². The third-order valence-electron chi connectivity index (χ3n) is 7.45. The van der Waals surface area contributed by atoms with Gasteiger partial charge in [0.15, 0.2) is 6.10 Å². The quantitative estimate of drug-likeness (QED) is 0.0494. The molecule has 1 unspecified atom stereocenters. The molecule has 42 heavy (non-hydrogen) atoms. The van der Waals surface area contributed by atoms with Gasteiger partial charge in [-0.25, -0.2) is 0 Å². The average molecular weight is 591 g/mol. The first kappa shape index (κ1) is 40.1. The van der Waals surface area contributed by atoms with E-state index in [-0.39, 0.29) is 25.2 Å². The molecule has 0 bridgehead atoms. The fraction of sp³-hybridized carbons (Fsp3) is 0.784. The van der Waals surface area contributed by atoms with Crippen LogP contribution in [0.15, 0.2) is 36.5 Å². The third kappa shape index (κ3) is 31.1. The highest BCUT2D eigenvalue weighted by atomic mass is 16.6. The zero-order chi connectivity index (χ0) is 30.8. The highest BCUT2D eigenvalue weighted by Crippen LogP contribution is 2.13. The van der Waals surface area contributed by atoms with E-state index >= 15 is 0 Å². The first-order valence-corrected chi connectivity index (χ1v) is 17.5. The van der Waals surface area contributed by atoms with Crippen LogP contribution in [0.5, 0.6) is 0 Å². The second-order valence-electron chi connectivity index (χ2n) is 11.6. The van der Waals surface area contributed by atoms with Crippen molar-refractivity contribution in [3.05, 3.63) is 36.5 Å². The number of hydrogen-bond donors (Lipinski definition) is 1. The van der Waals surface area contributed by atoms with Crippen molar-refractivity contribution in [3.63, 3.8) is 0 Å². The number of ether oxygens (including phenoxy) is 2. The Kier molecular flexibility index (Phi) is 32.1. The van der Waals surface area contributed by atoms with Gasteiger partial charge in [0.25, 0.3) is 0 Å². The molecule has 0 aromatic carbocycles. The smallest absolute Gasteiger partial charge is 0.306 e. The molecule has 0 amide bonds. The Morgan fingerprint density at radius 2 is 1.02 bits per heavy atom. The molecule has 0 fully saturated rings. The topological polar surface area (TPSA) is 72.8 Å². The number of aliphatic hydroxyl groups excluding tert-OH is 1. The van der Waals surface area contributed by atoms with Crippen LogP contribution in [-0.4, -0.2) is 36.4 Å². The van der Waals surface area contributed by atoms with Crippen LogP contribution >= 0.6 is 0 Å². The summed E-state index contributed by atoms with van der Waals surface area (Å²) in [5.74, 6) is -0.610. The summed E-state index contributed by atoms with van der Waals surface area (Å²) in [5.41, 5.74) is 0. The second kappa shape index (κ2) is 33.6. The standard InChI is InChI=1S/C37H66O5/c1-3-5-7-9-11-13-15-17-18-20-22-24-26-28-30-32-37(40)42-35(33-38)34-41-36(39)31-29-27-25-23-21-19-16-14-12-10-8-6-4-2/h5,7,11,13,17-18,35,38H,3-4,6,8-10,12,14-16,19-34H2,1-2H3. The predicted octanol–water partition coefficient (Wildman–Crippen LogP) is 10.5. The molecule has 5 heteroatoms. The Balaban J connectivity index is 3.60. The fourth-order valence-electron chi connectivity index (χ4n) is 4.80. The third-order valence-corrected chi connectivity index (χ3v) is 7.45. The van der Waals surface area contributed by atoms with Crippen LogP contribution in [0.3, 0.4) is 0 Å². The van der Waals surface area contributed by atoms with Gasteiger partial charge in [0.1, 0.15) is 6.61 Å². The van der Waals surface area contributed by atoms with Gasteiger partial charge >= 0.3 is 11.9 Å². The van der Waals surface area contributed by atoms with E-state index in [4.69, 9.17) is 9.47 Å². The Hall–Kier alpha value is -1.88. The van der Waals surface area contributed by atoms with Crippen LogP contribution < -0.4 is 0 Å². The number of allylic oxidation sites excluding steroid dienone is 6. The molecule has 0 heterocycles. The van der Waals surface area contributed by atoms with Crippen LogP contribution in [0.2, 0.25) is 0 Å². The van der Waals surface area contributed by atoms with Gasteiger partial charge in [-0.3, -0.25) is 9.59 Å². The van der Waals surface area contributed by atoms with Crippen molar-refractivity contribution in [2.75, 3.05) is 13.2 Å². The van der Waals surface area contributed by atoms with Crippen molar-refractivity contribution in [2.24, 2.45) is 0 Å². The van der Waals surface area contributed by atoms with E-state index in [0.717, 1.165) is 70.6 Å². The maximum atomic E-state index is 12.1. The number of carbonyl (C=O) groups excluding carboxylic acids is 2. The fourth-order valence-corrected chi connectivity index (χ4v) is 4.80. The number of rotatable bonds is 31. The average Bonchev–Trinajstić information content (AvgIpc) is 2.99. The minimum atomic E-state index is -0.775. The number of hydrogen-bond acceptors (Lipinski definition) is 5. The molecular weight excluding hydrogens is 524 g/mol. The zero-order valence-corrected chi connectivity index (χ0v) is 27.5. The molecule has 0 aliphatic heterocycles. The van der Waals surface area contributed by atoms with Crippen molar-refractivity contribution >= 4 is 11.9 Å². The first-order chi connectivity index (χ1) is 20.6. The number of esters is 2. The van der Waals surface area contributed by atoms with Crippen molar-refractivity contribution in [1.29, 1.82) is 0 Å². The van der Waals surface area contributed by atoms with Crippen molar-refractivity contribution in [1.82, 2.24) is 0 Å². The molecule has 0 saturated carbocycles. The van der Waals surface area contributed by atoms with Crippen molar-refractivity contribution in [2.45, 2.75) is 174 Å². The van der Waals surface area contributed by atoms with Gasteiger partial charge in [0.2, 0.25) is 0 Å². The summed E-state index contributed by atoms with van der Waals surface area (Å²) < 4.78 is 10.6. The summed E-state index contributed by atoms with van der Waals surface area (Å²) >= 11 is 0. The predicted molar refractivity (Wildman–Crippen MR) is 178 cm³/mol. The van der Waals surface area contributed by atoms with E-state index in [9.17, 15) is 14.7 Å². The lowest BCUT2D eigenvalue weighted by Gasteiger charge is -2.15. The summed E-state index contributed by atoms with van der Waals surface area (Å²) in [5, 5.41) is 9.51. The van der Waals surface area contributed by atoms with E-state index < -0.39 is 6.10 Å². The first-order valence-electron chi connectivity index (χ1n) is 17.5. The highest BCUT2D eigenvalue weighted by molar-refractivity contribution is 5.70. The highest BCUT2D eigenvalue weighted by Gasteiger charge is 2.16. The molecule has 0 aromatic heterocycles. The van der Waals surface area contributed by atoms with Gasteiger partial charge in [-0.15, -0.1) is 0 Å². The summed E-state index contributed by atoms with van der Waals surface area (Å²) in [6, 6.07) is 0. The monoisotopic (exact) mass is 590 g/mol. The maximum Gasteiger partial charge on any atom is 0.306 e. The van der Waals surface area contributed by atoms with Crippen LogP contribution in [-0.2, 0) is 19.1 Å². The Morgan fingerprint density at radius 1 is 0.571 bits per heavy atom. The molecule has 0 rings (SSSR count). The van der Waals surface area contributed by atoms with Crippen molar-refractivity contribution in [3.8, 4) is 0 Å². The summed E-state index contributed by atoms with van der Waals surface area (Å²) in [7, 11) is 0. The Labute approximate surface area is 259 Å². The lowest BCUT2D eigenvalue weighted by atomic mass is 10.0. The SMILES string of the molecule is CCC=CCC=CCC=CCCCCCCCC(=O)OC(CO)COC(=O)CCCCCCCCCCCCCCC. The number of aliphatic hydroxyl groups is 1. The zero-order valence-electron chi connectivity index (χ0n) is 27.5. The molecule has 1 atom stereocenters. The minimum Gasteiger partial charge on any atom is -0.462 e. The van der Waals surface area contributed by atoms with E-state index in [0.29, 0.717) is 12.8 Å². The maximum absolute atomic E-state index is 12.1. The van der Waals surface area contributed by atoms with Gasteiger partial charge < -0.3 is 14.6 Å². The van der Waals surface area contributed by atoms with Crippen LogP contribution in [0.4, 0.5) is 0 Å². The molecule has 5 nitrogen and oxygen atoms in total. The summed E-state index contributed by atoms with van der Waals surface area (Å²) in [6.07, 6.45) is 39.1.